The zero-order chi connectivity index (χ0) is 26.1. The van der Waals surface area contributed by atoms with Crippen LogP contribution < -0.4 is 0 Å². The largest absolute Gasteiger partial charge is 0.321 e. The predicted octanol–water partition coefficient (Wildman–Crippen LogP) is 9.82. The molecular weight excluding hydrogens is 471 g/mol. The standard InChI is InChI=1S/C34H45O2P/c1-8-37-35-33(29(2,3)23-17-19-31(33,6)21-23)27-15-11-9-13-25(27)26-14-10-12-16-28(26)34(36-37)30(4,5)24-18-20-32(34,7)22-24/h9-16,23-24H,8,17-22H2,1-7H3. The highest BCUT2D eigenvalue weighted by atomic mass is 31.2. The first-order chi connectivity index (χ1) is 17.5. The van der Waals surface area contributed by atoms with Crippen LogP contribution in [0.25, 0.3) is 11.1 Å². The fourth-order valence-electron chi connectivity index (χ4n) is 10.9. The van der Waals surface area contributed by atoms with Gasteiger partial charge in [-0.2, -0.15) is 0 Å². The predicted molar refractivity (Wildman–Crippen MR) is 153 cm³/mol. The number of fused-ring (bicyclic) bond motifs is 11. The first-order valence-electron chi connectivity index (χ1n) is 14.8. The van der Waals surface area contributed by atoms with E-state index in [9.17, 15) is 0 Å². The number of hydrogen-bond donors (Lipinski definition) is 0. The SMILES string of the molecule is CCP1OC2(c3ccccc3-c3ccccc3C3(O1)C1(C)CCC(C1)C3(C)C)C1(C)CCC(C1)C2(C)C. The Hall–Kier alpha value is -1.21. The van der Waals surface area contributed by atoms with Crippen LogP contribution in [0.15, 0.2) is 48.5 Å². The molecule has 198 valence electrons. The normalized spacial score (nSPS) is 44.5. The molecule has 0 radical (unpaired) electrons. The molecule has 2 spiro atoms. The van der Waals surface area contributed by atoms with E-state index in [0.717, 1.165) is 6.16 Å². The fraction of sp³-hybridized carbons (Fsp3) is 0.647. The molecule has 37 heavy (non-hydrogen) atoms. The van der Waals surface area contributed by atoms with Gasteiger partial charge in [-0.15, -0.1) is 0 Å². The van der Waals surface area contributed by atoms with Crippen molar-refractivity contribution in [3.63, 3.8) is 0 Å². The van der Waals surface area contributed by atoms with Crippen molar-refractivity contribution in [2.24, 2.45) is 33.5 Å². The van der Waals surface area contributed by atoms with Crippen LogP contribution in [-0.4, -0.2) is 6.16 Å². The smallest absolute Gasteiger partial charge is 0.172 e. The molecule has 2 aromatic rings. The quantitative estimate of drug-likeness (QED) is 0.351. The van der Waals surface area contributed by atoms with Crippen molar-refractivity contribution < 1.29 is 9.05 Å². The van der Waals surface area contributed by atoms with E-state index in [4.69, 9.17) is 9.05 Å². The van der Waals surface area contributed by atoms with Gasteiger partial charge in [0, 0.05) is 27.8 Å². The molecule has 3 heteroatoms. The molecule has 0 aromatic heterocycles. The molecular formula is C34H45O2P. The summed E-state index contributed by atoms with van der Waals surface area (Å²) in [6, 6.07) is 18.6. The highest BCUT2D eigenvalue weighted by Gasteiger charge is 2.75. The summed E-state index contributed by atoms with van der Waals surface area (Å²) in [6.45, 7) is 17.4. The summed E-state index contributed by atoms with van der Waals surface area (Å²) >= 11 is 0. The lowest BCUT2D eigenvalue weighted by Gasteiger charge is -2.57. The summed E-state index contributed by atoms with van der Waals surface area (Å²) in [6.07, 6.45) is 8.53. The maximum atomic E-state index is 7.75. The van der Waals surface area contributed by atoms with Crippen LogP contribution in [0.5, 0.6) is 0 Å². The molecule has 6 atom stereocenters. The summed E-state index contributed by atoms with van der Waals surface area (Å²) in [7, 11) is -1.10. The molecule has 7 rings (SSSR count). The highest BCUT2D eigenvalue weighted by Crippen LogP contribution is 2.81. The molecule has 6 unspecified atom stereocenters. The highest BCUT2D eigenvalue weighted by molar-refractivity contribution is 7.47. The van der Waals surface area contributed by atoms with Crippen molar-refractivity contribution >= 4 is 8.38 Å². The zero-order valence-corrected chi connectivity index (χ0v) is 24.9. The molecule has 2 aromatic carbocycles. The number of hydrogen-bond acceptors (Lipinski definition) is 2. The minimum absolute atomic E-state index is 0.0375. The molecule has 4 bridgehead atoms. The molecule has 4 fully saturated rings. The lowest BCUT2D eigenvalue weighted by Crippen LogP contribution is -2.54. The summed E-state index contributed by atoms with van der Waals surface area (Å²) < 4.78 is 15.5. The van der Waals surface area contributed by atoms with Gasteiger partial charge in [-0.05, 0) is 72.6 Å². The molecule has 1 heterocycles. The van der Waals surface area contributed by atoms with Crippen molar-refractivity contribution in [2.45, 2.75) is 98.2 Å². The molecule has 2 nitrogen and oxygen atoms in total. The van der Waals surface area contributed by atoms with E-state index in [1.54, 1.807) is 0 Å². The average molecular weight is 517 g/mol. The van der Waals surface area contributed by atoms with Gasteiger partial charge in [-0.1, -0.05) is 97.0 Å². The Morgan fingerprint density at radius 2 is 1.08 bits per heavy atom. The molecule has 4 saturated carbocycles. The minimum atomic E-state index is -1.10. The first kappa shape index (κ1) is 24.8. The van der Waals surface area contributed by atoms with E-state index in [2.05, 4.69) is 97.0 Å². The van der Waals surface area contributed by atoms with Gasteiger partial charge in [0.15, 0.2) is 8.38 Å². The lowest BCUT2D eigenvalue weighted by atomic mass is 9.55. The van der Waals surface area contributed by atoms with Crippen LogP contribution in [0.4, 0.5) is 0 Å². The summed E-state index contributed by atoms with van der Waals surface area (Å²) in [5.41, 5.74) is 5.13. The molecule has 0 N–H and O–H groups in total. The fourth-order valence-corrected chi connectivity index (χ4v) is 12.9. The second kappa shape index (κ2) is 7.50. The van der Waals surface area contributed by atoms with Crippen LogP contribution in [0, 0.1) is 33.5 Å². The van der Waals surface area contributed by atoms with Crippen molar-refractivity contribution in [1.82, 2.24) is 0 Å². The van der Waals surface area contributed by atoms with Crippen molar-refractivity contribution in [3.8, 4) is 11.1 Å². The Bertz CT molecular complexity index is 1160. The van der Waals surface area contributed by atoms with Gasteiger partial charge < -0.3 is 9.05 Å². The molecule has 0 amide bonds. The number of rotatable bonds is 1. The minimum Gasteiger partial charge on any atom is -0.321 e. The van der Waals surface area contributed by atoms with Crippen LogP contribution in [0.1, 0.15) is 98.1 Å². The maximum Gasteiger partial charge on any atom is 0.172 e. The van der Waals surface area contributed by atoms with E-state index >= 15 is 0 Å². The molecule has 0 saturated heterocycles. The number of benzene rings is 2. The van der Waals surface area contributed by atoms with Crippen LogP contribution in [0.3, 0.4) is 0 Å². The van der Waals surface area contributed by atoms with Gasteiger partial charge in [0.2, 0.25) is 0 Å². The Balaban J connectivity index is 1.59. The van der Waals surface area contributed by atoms with Gasteiger partial charge in [-0.3, -0.25) is 0 Å². The summed E-state index contributed by atoms with van der Waals surface area (Å²) in [4.78, 5) is 0. The Morgan fingerprint density at radius 3 is 1.43 bits per heavy atom. The second-order valence-corrected chi connectivity index (χ2v) is 16.4. The van der Waals surface area contributed by atoms with Crippen LogP contribution in [0.2, 0.25) is 0 Å². The van der Waals surface area contributed by atoms with E-state index in [1.807, 2.05) is 0 Å². The van der Waals surface area contributed by atoms with Crippen molar-refractivity contribution in [1.29, 1.82) is 0 Å². The maximum absolute atomic E-state index is 7.75. The summed E-state index contributed by atoms with van der Waals surface area (Å²) in [5, 5.41) is 0. The molecule has 5 aliphatic rings. The van der Waals surface area contributed by atoms with Crippen LogP contribution in [-0.2, 0) is 20.2 Å². The van der Waals surface area contributed by atoms with Crippen molar-refractivity contribution in [2.75, 3.05) is 6.16 Å². The van der Waals surface area contributed by atoms with Gasteiger partial charge in [0.05, 0.1) is 0 Å². The van der Waals surface area contributed by atoms with Gasteiger partial charge in [0.1, 0.15) is 11.2 Å². The van der Waals surface area contributed by atoms with Gasteiger partial charge in [0.25, 0.3) is 0 Å². The van der Waals surface area contributed by atoms with Crippen LogP contribution >= 0.6 is 8.38 Å². The third-order valence-corrected chi connectivity index (χ3v) is 14.1. The van der Waals surface area contributed by atoms with E-state index in [1.165, 1.54) is 60.8 Å². The Labute approximate surface area is 225 Å². The topological polar surface area (TPSA) is 18.5 Å². The Kier molecular flexibility index (Phi) is 5.03. The molecule has 4 aliphatic carbocycles. The Morgan fingerprint density at radius 1 is 0.676 bits per heavy atom. The van der Waals surface area contributed by atoms with E-state index in [0.29, 0.717) is 11.8 Å². The van der Waals surface area contributed by atoms with Gasteiger partial charge >= 0.3 is 0 Å². The van der Waals surface area contributed by atoms with E-state index < -0.39 is 8.38 Å². The van der Waals surface area contributed by atoms with E-state index in [-0.39, 0.29) is 32.9 Å². The van der Waals surface area contributed by atoms with Crippen molar-refractivity contribution in [3.05, 3.63) is 59.7 Å². The monoisotopic (exact) mass is 516 g/mol. The zero-order valence-electron chi connectivity index (χ0n) is 24.0. The third kappa shape index (κ3) is 2.65. The molecule has 1 aliphatic heterocycles. The average Bonchev–Trinajstić information content (AvgIpc) is 3.56. The first-order valence-corrected chi connectivity index (χ1v) is 16.2. The van der Waals surface area contributed by atoms with Gasteiger partial charge in [-0.25, -0.2) is 0 Å². The second-order valence-electron chi connectivity index (χ2n) is 14.7. The summed E-state index contributed by atoms with van der Waals surface area (Å²) in [5.74, 6) is 1.36. The third-order valence-electron chi connectivity index (χ3n) is 12.7. The lowest BCUT2D eigenvalue weighted by molar-refractivity contribution is -0.160.